The monoisotopic (exact) mass is 342 g/mol. The largest absolute Gasteiger partial charge is 0.357 e. The highest BCUT2D eigenvalue weighted by molar-refractivity contribution is 7.13. The first-order chi connectivity index (χ1) is 11.2. The van der Waals surface area contributed by atoms with E-state index in [0.717, 1.165) is 27.2 Å². The summed E-state index contributed by atoms with van der Waals surface area (Å²) in [5.74, 6) is 0. The minimum atomic E-state index is -0.139. The first-order valence-electron chi connectivity index (χ1n) is 6.94. The third-order valence-electron chi connectivity index (χ3n) is 3.49. The zero-order valence-electron chi connectivity index (χ0n) is 11.9. The molecule has 0 aliphatic heterocycles. The van der Waals surface area contributed by atoms with Crippen molar-refractivity contribution in [2.75, 3.05) is 0 Å². The van der Waals surface area contributed by atoms with E-state index in [2.05, 4.69) is 15.1 Å². The SMILES string of the molecule is O=c1ccc(-c2cccs2)nn1Cc1cc2cnc(Cl)cc2[nH]1. The molecular weight excluding hydrogens is 332 g/mol. The molecule has 0 amide bonds. The molecule has 0 aliphatic rings. The molecular formula is C16H11ClN4OS. The molecule has 0 unspecified atom stereocenters. The van der Waals surface area contributed by atoms with Crippen LogP contribution in [0.15, 0.2) is 52.8 Å². The molecule has 4 aromatic rings. The number of hydrogen-bond acceptors (Lipinski definition) is 4. The fourth-order valence-corrected chi connectivity index (χ4v) is 3.27. The number of nitrogens with zero attached hydrogens (tertiary/aromatic N) is 3. The lowest BCUT2D eigenvalue weighted by Crippen LogP contribution is -2.22. The third-order valence-corrected chi connectivity index (χ3v) is 4.59. The van der Waals surface area contributed by atoms with Gasteiger partial charge < -0.3 is 4.98 Å². The van der Waals surface area contributed by atoms with Gasteiger partial charge >= 0.3 is 0 Å². The van der Waals surface area contributed by atoms with E-state index in [9.17, 15) is 4.79 Å². The summed E-state index contributed by atoms with van der Waals surface area (Å²) in [6.45, 7) is 0.365. The normalized spacial score (nSPS) is 11.2. The molecule has 4 rings (SSSR count). The van der Waals surface area contributed by atoms with E-state index < -0.39 is 0 Å². The Labute approximate surface area is 140 Å². The Hall–Kier alpha value is -2.44. The summed E-state index contributed by atoms with van der Waals surface area (Å²) in [6.07, 6.45) is 1.70. The van der Waals surface area contributed by atoms with E-state index in [-0.39, 0.29) is 5.56 Å². The Bertz CT molecular complexity index is 1040. The van der Waals surface area contributed by atoms with Gasteiger partial charge in [-0.05, 0) is 29.6 Å². The summed E-state index contributed by atoms with van der Waals surface area (Å²) in [5, 5.41) is 7.82. The molecule has 0 saturated heterocycles. The van der Waals surface area contributed by atoms with Gasteiger partial charge in [0.25, 0.3) is 5.56 Å². The quantitative estimate of drug-likeness (QED) is 0.579. The van der Waals surface area contributed by atoms with Gasteiger partial charge in [-0.1, -0.05) is 17.7 Å². The summed E-state index contributed by atoms with van der Waals surface area (Å²) in [5.41, 5.74) is 2.42. The van der Waals surface area contributed by atoms with Gasteiger partial charge in [0.2, 0.25) is 0 Å². The number of fused-ring (bicyclic) bond motifs is 1. The highest BCUT2D eigenvalue weighted by atomic mass is 35.5. The zero-order valence-corrected chi connectivity index (χ0v) is 13.4. The summed E-state index contributed by atoms with van der Waals surface area (Å²) in [7, 11) is 0. The van der Waals surface area contributed by atoms with Crippen molar-refractivity contribution >= 4 is 33.8 Å². The zero-order chi connectivity index (χ0) is 15.8. The molecule has 0 saturated carbocycles. The summed E-state index contributed by atoms with van der Waals surface area (Å²) in [6, 6.07) is 11.0. The molecule has 23 heavy (non-hydrogen) atoms. The van der Waals surface area contributed by atoms with Gasteiger partial charge in [-0.3, -0.25) is 4.79 Å². The summed E-state index contributed by atoms with van der Waals surface area (Å²) < 4.78 is 1.45. The van der Waals surface area contributed by atoms with Gasteiger partial charge in [0.15, 0.2) is 0 Å². The van der Waals surface area contributed by atoms with Crippen molar-refractivity contribution in [3.05, 3.63) is 69.2 Å². The van der Waals surface area contributed by atoms with Crippen LogP contribution in [0.25, 0.3) is 21.5 Å². The molecule has 0 aliphatic carbocycles. The smallest absolute Gasteiger partial charge is 0.267 e. The number of hydrogen-bond donors (Lipinski definition) is 1. The van der Waals surface area contributed by atoms with Crippen LogP contribution in [-0.2, 0) is 6.54 Å². The number of H-pyrrole nitrogens is 1. The number of nitrogens with one attached hydrogen (secondary N) is 1. The summed E-state index contributed by atoms with van der Waals surface area (Å²) >= 11 is 7.49. The van der Waals surface area contributed by atoms with Gasteiger partial charge in [0, 0.05) is 23.3 Å². The van der Waals surface area contributed by atoms with Crippen molar-refractivity contribution in [1.82, 2.24) is 19.7 Å². The van der Waals surface area contributed by atoms with Crippen LogP contribution in [0.2, 0.25) is 5.15 Å². The van der Waals surface area contributed by atoms with E-state index >= 15 is 0 Å². The second kappa shape index (κ2) is 5.64. The highest BCUT2D eigenvalue weighted by Crippen LogP contribution is 2.21. The van der Waals surface area contributed by atoms with Crippen LogP contribution in [0.4, 0.5) is 0 Å². The lowest BCUT2D eigenvalue weighted by atomic mass is 10.3. The molecule has 5 nitrogen and oxygen atoms in total. The van der Waals surface area contributed by atoms with Gasteiger partial charge in [-0.15, -0.1) is 11.3 Å². The Kier molecular flexibility index (Phi) is 3.48. The van der Waals surface area contributed by atoms with Crippen LogP contribution in [0.5, 0.6) is 0 Å². The molecule has 0 aromatic carbocycles. The number of aromatic nitrogens is 4. The van der Waals surface area contributed by atoms with Gasteiger partial charge in [-0.25, -0.2) is 9.67 Å². The van der Waals surface area contributed by atoms with Crippen LogP contribution in [0.3, 0.4) is 0 Å². The van der Waals surface area contributed by atoms with Crippen molar-refractivity contribution in [3.8, 4) is 10.6 Å². The van der Waals surface area contributed by atoms with Gasteiger partial charge in [0.05, 0.1) is 16.9 Å². The minimum Gasteiger partial charge on any atom is -0.357 e. The van der Waals surface area contributed by atoms with E-state index in [0.29, 0.717) is 11.7 Å². The maximum Gasteiger partial charge on any atom is 0.267 e. The number of pyridine rings is 1. The molecule has 0 radical (unpaired) electrons. The molecule has 0 bridgehead atoms. The minimum absolute atomic E-state index is 0.139. The first-order valence-corrected chi connectivity index (χ1v) is 8.20. The maximum absolute atomic E-state index is 12.1. The molecule has 0 atom stereocenters. The molecule has 4 aromatic heterocycles. The average Bonchev–Trinajstić information content (AvgIpc) is 3.18. The predicted octanol–water partition coefficient (Wildman–Crippen LogP) is 3.55. The molecule has 4 heterocycles. The maximum atomic E-state index is 12.1. The Morgan fingerprint density at radius 2 is 2.17 bits per heavy atom. The Morgan fingerprint density at radius 1 is 1.26 bits per heavy atom. The number of halogens is 1. The highest BCUT2D eigenvalue weighted by Gasteiger charge is 2.07. The second-order valence-corrected chi connectivity index (χ2v) is 6.42. The lowest BCUT2D eigenvalue weighted by molar-refractivity contribution is 0.635. The second-order valence-electron chi connectivity index (χ2n) is 5.08. The van der Waals surface area contributed by atoms with Crippen molar-refractivity contribution in [3.63, 3.8) is 0 Å². The molecule has 1 N–H and O–H groups in total. The molecule has 0 fully saturated rings. The van der Waals surface area contributed by atoms with Gasteiger partial charge in [0.1, 0.15) is 10.8 Å². The lowest BCUT2D eigenvalue weighted by Gasteiger charge is -2.04. The topological polar surface area (TPSA) is 63.6 Å². The molecule has 7 heteroatoms. The first kappa shape index (κ1) is 14.2. The molecule has 0 spiro atoms. The number of aromatic amines is 1. The molecule has 114 valence electrons. The van der Waals surface area contributed by atoms with Crippen molar-refractivity contribution in [1.29, 1.82) is 0 Å². The van der Waals surface area contributed by atoms with Crippen molar-refractivity contribution < 1.29 is 0 Å². The number of thiophene rings is 1. The Morgan fingerprint density at radius 3 is 3.00 bits per heavy atom. The van der Waals surface area contributed by atoms with E-state index in [1.807, 2.05) is 23.6 Å². The van der Waals surface area contributed by atoms with Crippen LogP contribution in [-0.4, -0.2) is 19.7 Å². The van der Waals surface area contributed by atoms with Crippen LogP contribution in [0.1, 0.15) is 5.69 Å². The van der Waals surface area contributed by atoms with Crippen molar-refractivity contribution in [2.45, 2.75) is 6.54 Å². The van der Waals surface area contributed by atoms with E-state index in [1.54, 1.807) is 35.7 Å². The average molecular weight is 343 g/mol. The van der Waals surface area contributed by atoms with Crippen LogP contribution in [0, 0.1) is 0 Å². The standard InChI is InChI=1S/C16H11ClN4OS/c17-15-7-13-10(8-18-15)6-11(19-13)9-21-16(22)4-3-12(20-21)14-2-1-5-23-14/h1-8,19H,9H2. The van der Waals surface area contributed by atoms with Crippen LogP contribution < -0.4 is 5.56 Å². The fraction of sp³-hybridized carbons (Fsp3) is 0.0625. The third kappa shape index (κ3) is 2.78. The van der Waals surface area contributed by atoms with Crippen LogP contribution >= 0.6 is 22.9 Å². The Balaban J connectivity index is 1.72. The van der Waals surface area contributed by atoms with Crippen molar-refractivity contribution in [2.24, 2.45) is 0 Å². The van der Waals surface area contributed by atoms with E-state index in [4.69, 9.17) is 11.6 Å². The predicted molar refractivity (Wildman–Crippen MR) is 92.0 cm³/mol. The van der Waals surface area contributed by atoms with E-state index in [1.165, 1.54) is 4.68 Å². The summed E-state index contributed by atoms with van der Waals surface area (Å²) in [4.78, 5) is 20.4. The fourth-order valence-electron chi connectivity index (χ4n) is 2.42. The van der Waals surface area contributed by atoms with Gasteiger partial charge in [-0.2, -0.15) is 5.10 Å². The number of rotatable bonds is 3.